The van der Waals surface area contributed by atoms with E-state index in [1.165, 1.54) is 16.7 Å². The minimum atomic E-state index is 0.0612. The van der Waals surface area contributed by atoms with Crippen LogP contribution in [0, 0.1) is 0 Å². The molecule has 98 valence electrons. The van der Waals surface area contributed by atoms with Gasteiger partial charge in [-0.05, 0) is 23.7 Å². The van der Waals surface area contributed by atoms with Crippen molar-refractivity contribution < 1.29 is 4.74 Å². The Bertz CT molecular complexity index is 538. The summed E-state index contributed by atoms with van der Waals surface area (Å²) in [5.41, 5.74) is 3.89. The number of nitrogens with zero attached hydrogens (tertiary/aromatic N) is 1. The maximum atomic E-state index is 6.12. The van der Waals surface area contributed by atoms with Gasteiger partial charge in [0, 0.05) is 13.1 Å². The van der Waals surface area contributed by atoms with Gasteiger partial charge in [0.1, 0.15) is 6.10 Å². The molecule has 2 aromatic carbocycles. The lowest BCUT2D eigenvalue weighted by Crippen LogP contribution is -2.27. The van der Waals surface area contributed by atoms with E-state index in [0.29, 0.717) is 0 Å². The Morgan fingerprint density at radius 1 is 1.00 bits per heavy atom. The number of ether oxygens (including phenoxy) is 1. The maximum Gasteiger partial charge on any atom is 0.108 e. The molecule has 1 aliphatic rings. The lowest BCUT2D eigenvalue weighted by molar-refractivity contribution is 0.0554. The average molecular weight is 253 g/mol. The van der Waals surface area contributed by atoms with Crippen LogP contribution in [0.25, 0.3) is 0 Å². The van der Waals surface area contributed by atoms with E-state index in [2.05, 4.69) is 60.5 Å². The van der Waals surface area contributed by atoms with Gasteiger partial charge in [-0.3, -0.25) is 4.90 Å². The van der Waals surface area contributed by atoms with Gasteiger partial charge >= 0.3 is 0 Å². The standard InChI is InChI=1S/C17H19NO/c1-18-11-12-19-17(14-7-3-2-4-8-14)16-10-6-5-9-15(16)13-18/h2-10,17H,11-13H2,1H3/t17-/m0/s1. The molecule has 0 amide bonds. The molecule has 0 aromatic heterocycles. The minimum Gasteiger partial charge on any atom is -0.367 e. The Labute approximate surface area is 114 Å². The van der Waals surface area contributed by atoms with Crippen molar-refractivity contribution in [3.05, 3.63) is 71.3 Å². The van der Waals surface area contributed by atoms with Crippen LogP contribution in [0.3, 0.4) is 0 Å². The van der Waals surface area contributed by atoms with Crippen LogP contribution in [0.1, 0.15) is 22.8 Å². The molecule has 0 aliphatic carbocycles. The van der Waals surface area contributed by atoms with Gasteiger partial charge < -0.3 is 4.74 Å². The molecule has 0 spiro atoms. The molecule has 1 heterocycles. The largest absolute Gasteiger partial charge is 0.367 e. The van der Waals surface area contributed by atoms with Gasteiger partial charge in [-0.15, -0.1) is 0 Å². The summed E-state index contributed by atoms with van der Waals surface area (Å²) in [5.74, 6) is 0. The number of hydrogen-bond acceptors (Lipinski definition) is 2. The van der Waals surface area contributed by atoms with Crippen molar-refractivity contribution in [2.45, 2.75) is 12.6 Å². The van der Waals surface area contributed by atoms with Crippen LogP contribution in [0.15, 0.2) is 54.6 Å². The van der Waals surface area contributed by atoms with E-state index in [1.807, 2.05) is 6.07 Å². The monoisotopic (exact) mass is 253 g/mol. The SMILES string of the molecule is CN1CCO[C@@H](c2ccccc2)c2ccccc2C1. The Balaban J connectivity index is 2.03. The first-order valence-electron chi connectivity index (χ1n) is 6.77. The highest BCUT2D eigenvalue weighted by molar-refractivity contribution is 5.36. The predicted octanol–water partition coefficient (Wildman–Crippen LogP) is 3.24. The van der Waals surface area contributed by atoms with Gasteiger partial charge in [0.15, 0.2) is 0 Å². The van der Waals surface area contributed by atoms with Crippen LogP contribution in [-0.2, 0) is 11.3 Å². The molecule has 3 rings (SSSR count). The number of benzene rings is 2. The van der Waals surface area contributed by atoms with E-state index >= 15 is 0 Å². The van der Waals surface area contributed by atoms with Crippen molar-refractivity contribution in [2.24, 2.45) is 0 Å². The normalized spacial score (nSPS) is 20.4. The first kappa shape index (κ1) is 12.4. The van der Waals surface area contributed by atoms with Gasteiger partial charge in [-0.25, -0.2) is 0 Å². The van der Waals surface area contributed by atoms with Crippen LogP contribution in [0.4, 0.5) is 0 Å². The summed E-state index contributed by atoms with van der Waals surface area (Å²) in [6.45, 7) is 2.73. The van der Waals surface area contributed by atoms with Crippen LogP contribution in [-0.4, -0.2) is 25.1 Å². The highest BCUT2D eigenvalue weighted by Gasteiger charge is 2.20. The molecule has 0 unspecified atom stereocenters. The lowest BCUT2D eigenvalue weighted by atomic mass is 9.96. The molecule has 2 nitrogen and oxygen atoms in total. The molecule has 19 heavy (non-hydrogen) atoms. The quantitative estimate of drug-likeness (QED) is 0.773. The van der Waals surface area contributed by atoms with Gasteiger partial charge in [-0.1, -0.05) is 54.6 Å². The second kappa shape index (κ2) is 5.55. The summed E-state index contributed by atoms with van der Waals surface area (Å²) in [5, 5.41) is 0. The third-order valence-corrected chi connectivity index (χ3v) is 3.64. The summed E-state index contributed by atoms with van der Waals surface area (Å²) in [7, 11) is 2.14. The Kier molecular flexibility index (Phi) is 3.62. The predicted molar refractivity (Wildman–Crippen MR) is 77.0 cm³/mol. The maximum absolute atomic E-state index is 6.12. The molecular formula is C17H19NO. The summed E-state index contributed by atoms with van der Waals surface area (Å²) in [6, 6.07) is 19.1. The van der Waals surface area contributed by atoms with Crippen molar-refractivity contribution in [1.82, 2.24) is 4.90 Å². The highest BCUT2D eigenvalue weighted by Crippen LogP contribution is 2.30. The zero-order valence-corrected chi connectivity index (χ0v) is 11.3. The smallest absolute Gasteiger partial charge is 0.108 e. The van der Waals surface area contributed by atoms with Crippen LogP contribution >= 0.6 is 0 Å². The van der Waals surface area contributed by atoms with E-state index in [-0.39, 0.29) is 6.10 Å². The molecular weight excluding hydrogens is 234 g/mol. The van der Waals surface area contributed by atoms with Crippen molar-refractivity contribution in [1.29, 1.82) is 0 Å². The molecule has 0 saturated heterocycles. The van der Waals surface area contributed by atoms with Crippen molar-refractivity contribution in [2.75, 3.05) is 20.2 Å². The fourth-order valence-corrected chi connectivity index (χ4v) is 2.62. The average Bonchev–Trinajstić information content (AvgIpc) is 2.43. The molecule has 2 heteroatoms. The lowest BCUT2D eigenvalue weighted by Gasteiger charge is -2.28. The number of likely N-dealkylation sites (N-methyl/N-ethyl adjacent to an activating group) is 1. The van der Waals surface area contributed by atoms with Crippen molar-refractivity contribution in [3.63, 3.8) is 0 Å². The van der Waals surface area contributed by atoms with E-state index in [4.69, 9.17) is 4.74 Å². The third kappa shape index (κ3) is 2.70. The zero-order valence-electron chi connectivity index (χ0n) is 11.3. The second-order valence-corrected chi connectivity index (χ2v) is 5.10. The van der Waals surface area contributed by atoms with E-state index in [0.717, 1.165) is 19.7 Å². The van der Waals surface area contributed by atoms with Crippen LogP contribution < -0.4 is 0 Å². The summed E-state index contributed by atoms with van der Waals surface area (Å²) in [6.07, 6.45) is 0.0612. The molecule has 0 saturated carbocycles. The van der Waals surface area contributed by atoms with Crippen LogP contribution in [0.2, 0.25) is 0 Å². The molecule has 1 atom stereocenters. The summed E-state index contributed by atoms with van der Waals surface area (Å²) >= 11 is 0. The van der Waals surface area contributed by atoms with Gasteiger partial charge in [0.25, 0.3) is 0 Å². The highest BCUT2D eigenvalue weighted by atomic mass is 16.5. The molecule has 0 fully saturated rings. The van der Waals surface area contributed by atoms with Gasteiger partial charge in [-0.2, -0.15) is 0 Å². The number of fused-ring (bicyclic) bond motifs is 1. The Hall–Kier alpha value is -1.64. The Morgan fingerprint density at radius 3 is 2.58 bits per heavy atom. The van der Waals surface area contributed by atoms with E-state index in [1.54, 1.807) is 0 Å². The summed E-state index contributed by atoms with van der Waals surface area (Å²) in [4.78, 5) is 2.31. The van der Waals surface area contributed by atoms with E-state index < -0.39 is 0 Å². The molecule has 2 aromatic rings. The van der Waals surface area contributed by atoms with E-state index in [9.17, 15) is 0 Å². The number of hydrogen-bond donors (Lipinski definition) is 0. The van der Waals surface area contributed by atoms with Crippen molar-refractivity contribution in [3.8, 4) is 0 Å². The first-order chi connectivity index (χ1) is 9.34. The minimum absolute atomic E-state index is 0.0612. The molecule has 0 bridgehead atoms. The first-order valence-corrected chi connectivity index (χ1v) is 6.77. The Morgan fingerprint density at radius 2 is 1.74 bits per heavy atom. The fourth-order valence-electron chi connectivity index (χ4n) is 2.62. The third-order valence-electron chi connectivity index (χ3n) is 3.64. The van der Waals surface area contributed by atoms with Gasteiger partial charge in [0.2, 0.25) is 0 Å². The molecule has 0 radical (unpaired) electrons. The molecule has 1 aliphatic heterocycles. The van der Waals surface area contributed by atoms with Gasteiger partial charge in [0.05, 0.1) is 6.61 Å². The summed E-state index contributed by atoms with van der Waals surface area (Å²) < 4.78 is 6.12. The second-order valence-electron chi connectivity index (χ2n) is 5.10. The number of rotatable bonds is 1. The topological polar surface area (TPSA) is 12.5 Å². The molecule has 0 N–H and O–H groups in total. The fraction of sp³-hybridized carbons (Fsp3) is 0.294. The van der Waals surface area contributed by atoms with Crippen LogP contribution in [0.5, 0.6) is 0 Å². The zero-order chi connectivity index (χ0) is 13.1. The van der Waals surface area contributed by atoms with Crippen molar-refractivity contribution >= 4 is 0 Å².